The Balaban J connectivity index is 3.00. The molecule has 0 radical (unpaired) electrons. The molecule has 0 fully saturated rings. The van der Waals surface area contributed by atoms with E-state index in [4.69, 9.17) is 9.47 Å². The van der Waals surface area contributed by atoms with Gasteiger partial charge in [-0.3, -0.25) is 0 Å². The molecular weight excluding hydrogens is 266 g/mol. The van der Waals surface area contributed by atoms with Crippen molar-refractivity contribution in [2.45, 2.75) is 26.8 Å². The predicted molar refractivity (Wildman–Crippen MR) is 75.2 cm³/mol. The van der Waals surface area contributed by atoms with Crippen molar-refractivity contribution in [3.05, 3.63) is 23.8 Å². The van der Waals surface area contributed by atoms with Gasteiger partial charge in [0.25, 0.3) is 0 Å². The molecule has 0 amide bonds. The van der Waals surface area contributed by atoms with Gasteiger partial charge < -0.3 is 9.47 Å². The normalized spacial score (nSPS) is 13.1. The van der Waals surface area contributed by atoms with Crippen molar-refractivity contribution in [1.82, 2.24) is 4.72 Å². The molecule has 0 aliphatic rings. The molecule has 1 N–H and O–H groups in total. The lowest BCUT2D eigenvalue weighted by Gasteiger charge is -2.16. The first-order valence-corrected chi connectivity index (χ1v) is 8.13. The third kappa shape index (κ3) is 5.08. The first kappa shape index (κ1) is 15.8. The van der Waals surface area contributed by atoms with Crippen LogP contribution in [0.25, 0.3) is 0 Å². The van der Waals surface area contributed by atoms with E-state index < -0.39 is 10.0 Å². The van der Waals surface area contributed by atoms with E-state index in [9.17, 15) is 8.42 Å². The van der Waals surface area contributed by atoms with Gasteiger partial charge in [-0.2, -0.15) is 0 Å². The van der Waals surface area contributed by atoms with Gasteiger partial charge in [0, 0.05) is 6.04 Å². The van der Waals surface area contributed by atoms with Crippen molar-refractivity contribution in [2.75, 3.05) is 19.5 Å². The van der Waals surface area contributed by atoms with Gasteiger partial charge in [-0.1, -0.05) is 6.07 Å². The average molecular weight is 287 g/mol. The maximum absolute atomic E-state index is 11.2. The molecule has 5 nitrogen and oxygen atoms in total. The Hall–Kier alpha value is -1.27. The van der Waals surface area contributed by atoms with E-state index >= 15 is 0 Å². The number of hydrogen-bond acceptors (Lipinski definition) is 4. The van der Waals surface area contributed by atoms with Crippen LogP contribution in [0.3, 0.4) is 0 Å². The Labute approximate surface area is 115 Å². The molecule has 0 heterocycles. The summed E-state index contributed by atoms with van der Waals surface area (Å²) in [5, 5.41) is 0. The maximum atomic E-state index is 11.2. The Morgan fingerprint density at radius 2 is 1.74 bits per heavy atom. The van der Waals surface area contributed by atoms with Crippen LogP contribution >= 0.6 is 0 Å². The second-order valence-corrected chi connectivity index (χ2v) is 5.96. The lowest BCUT2D eigenvalue weighted by atomic mass is 10.1. The summed E-state index contributed by atoms with van der Waals surface area (Å²) < 4.78 is 36.0. The number of nitrogens with one attached hydrogen (secondary N) is 1. The van der Waals surface area contributed by atoms with Crippen LogP contribution in [0.1, 0.15) is 32.4 Å². The Kier molecular flexibility index (Phi) is 5.62. The van der Waals surface area contributed by atoms with Gasteiger partial charge in [-0.25, -0.2) is 13.1 Å². The second-order valence-electron chi connectivity index (χ2n) is 4.18. The minimum Gasteiger partial charge on any atom is -0.490 e. The highest BCUT2D eigenvalue weighted by atomic mass is 32.2. The number of rotatable bonds is 7. The SMILES string of the molecule is CCOc1ccc([C@H](C)NS(C)(=O)=O)cc1OCC. The van der Waals surface area contributed by atoms with E-state index in [2.05, 4.69) is 4.72 Å². The maximum Gasteiger partial charge on any atom is 0.209 e. The van der Waals surface area contributed by atoms with E-state index in [1.165, 1.54) is 0 Å². The smallest absolute Gasteiger partial charge is 0.209 e. The van der Waals surface area contributed by atoms with Crippen molar-refractivity contribution < 1.29 is 17.9 Å². The molecule has 0 unspecified atom stereocenters. The second kappa shape index (κ2) is 6.77. The van der Waals surface area contributed by atoms with Crippen LogP contribution in [0.5, 0.6) is 11.5 Å². The average Bonchev–Trinajstić information content (AvgIpc) is 2.29. The van der Waals surface area contributed by atoms with Crippen LogP contribution in [0.2, 0.25) is 0 Å². The fourth-order valence-electron chi connectivity index (χ4n) is 1.73. The molecule has 0 aliphatic carbocycles. The molecule has 6 heteroatoms. The summed E-state index contributed by atoms with van der Waals surface area (Å²) in [6.45, 7) is 6.65. The van der Waals surface area contributed by atoms with Crippen molar-refractivity contribution >= 4 is 10.0 Å². The van der Waals surface area contributed by atoms with Gasteiger partial charge in [0.1, 0.15) is 0 Å². The molecule has 1 aromatic carbocycles. The molecule has 0 aromatic heterocycles. The van der Waals surface area contributed by atoms with Gasteiger partial charge in [-0.15, -0.1) is 0 Å². The van der Waals surface area contributed by atoms with E-state index in [1.807, 2.05) is 19.9 Å². The number of hydrogen-bond donors (Lipinski definition) is 1. The fourth-order valence-corrected chi connectivity index (χ4v) is 2.50. The quantitative estimate of drug-likeness (QED) is 0.834. The number of sulfonamides is 1. The topological polar surface area (TPSA) is 64.6 Å². The molecule has 1 atom stereocenters. The van der Waals surface area contributed by atoms with Crippen LogP contribution < -0.4 is 14.2 Å². The first-order chi connectivity index (χ1) is 8.87. The van der Waals surface area contributed by atoms with Gasteiger partial charge >= 0.3 is 0 Å². The van der Waals surface area contributed by atoms with E-state index in [-0.39, 0.29) is 6.04 Å². The molecule has 1 rings (SSSR count). The zero-order valence-corrected chi connectivity index (χ0v) is 12.6. The number of benzene rings is 1. The largest absolute Gasteiger partial charge is 0.490 e. The Morgan fingerprint density at radius 1 is 1.16 bits per heavy atom. The van der Waals surface area contributed by atoms with E-state index in [0.29, 0.717) is 24.7 Å². The minimum atomic E-state index is -3.24. The zero-order chi connectivity index (χ0) is 14.5. The van der Waals surface area contributed by atoms with Gasteiger partial charge in [-0.05, 0) is 38.5 Å². The van der Waals surface area contributed by atoms with E-state index in [1.54, 1.807) is 19.1 Å². The van der Waals surface area contributed by atoms with Crippen molar-refractivity contribution in [3.8, 4) is 11.5 Å². The molecule has 0 spiro atoms. The molecule has 0 bridgehead atoms. The summed E-state index contributed by atoms with van der Waals surface area (Å²) in [4.78, 5) is 0. The highest BCUT2D eigenvalue weighted by Crippen LogP contribution is 2.30. The third-order valence-corrected chi connectivity index (χ3v) is 3.24. The van der Waals surface area contributed by atoms with Crippen LogP contribution in [0, 0.1) is 0 Å². The lowest BCUT2D eigenvalue weighted by molar-refractivity contribution is 0.287. The van der Waals surface area contributed by atoms with Gasteiger partial charge in [0.2, 0.25) is 10.0 Å². The molecule has 19 heavy (non-hydrogen) atoms. The van der Waals surface area contributed by atoms with E-state index in [0.717, 1.165) is 11.8 Å². The lowest BCUT2D eigenvalue weighted by Crippen LogP contribution is -2.25. The van der Waals surface area contributed by atoms with Gasteiger partial charge in [0.05, 0.1) is 19.5 Å². The van der Waals surface area contributed by atoms with Crippen LogP contribution in [0.15, 0.2) is 18.2 Å². The molecule has 108 valence electrons. The minimum absolute atomic E-state index is 0.315. The number of ether oxygens (including phenoxy) is 2. The highest BCUT2D eigenvalue weighted by molar-refractivity contribution is 7.88. The third-order valence-electron chi connectivity index (χ3n) is 2.46. The van der Waals surface area contributed by atoms with Crippen LogP contribution in [-0.4, -0.2) is 27.9 Å². The van der Waals surface area contributed by atoms with Crippen molar-refractivity contribution in [2.24, 2.45) is 0 Å². The van der Waals surface area contributed by atoms with Crippen molar-refractivity contribution in [1.29, 1.82) is 0 Å². The van der Waals surface area contributed by atoms with Crippen LogP contribution in [-0.2, 0) is 10.0 Å². The molecule has 1 aromatic rings. The Bertz CT molecular complexity index is 513. The highest BCUT2D eigenvalue weighted by Gasteiger charge is 2.14. The summed E-state index contributed by atoms with van der Waals surface area (Å²) in [5.41, 5.74) is 0.831. The predicted octanol–water partition coefficient (Wildman–Crippen LogP) is 2.09. The fraction of sp³-hybridized carbons (Fsp3) is 0.538. The summed E-state index contributed by atoms with van der Waals surface area (Å²) >= 11 is 0. The summed E-state index contributed by atoms with van der Waals surface area (Å²) in [6.07, 6.45) is 1.14. The molecule has 0 aliphatic heterocycles. The molecule has 0 saturated carbocycles. The zero-order valence-electron chi connectivity index (χ0n) is 11.8. The summed E-state index contributed by atoms with van der Waals surface area (Å²) in [5.74, 6) is 1.30. The summed E-state index contributed by atoms with van der Waals surface area (Å²) in [7, 11) is -3.24. The summed E-state index contributed by atoms with van der Waals surface area (Å²) in [6, 6.07) is 5.11. The molecule has 0 saturated heterocycles. The molecular formula is C13H21NO4S. The first-order valence-electron chi connectivity index (χ1n) is 6.24. The Morgan fingerprint density at radius 3 is 2.26 bits per heavy atom. The standard InChI is InChI=1S/C13H21NO4S/c1-5-17-12-8-7-11(9-13(12)18-6-2)10(3)14-19(4,15)16/h7-10,14H,5-6H2,1-4H3/t10-/m0/s1. The van der Waals surface area contributed by atoms with Crippen molar-refractivity contribution in [3.63, 3.8) is 0 Å². The monoisotopic (exact) mass is 287 g/mol. The van der Waals surface area contributed by atoms with Gasteiger partial charge in [0.15, 0.2) is 11.5 Å². The van der Waals surface area contributed by atoms with Crippen LogP contribution in [0.4, 0.5) is 0 Å².